The van der Waals surface area contributed by atoms with Gasteiger partial charge in [0, 0.05) is 37.0 Å². The van der Waals surface area contributed by atoms with Crippen LogP contribution in [0.2, 0.25) is 0 Å². The minimum absolute atomic E-state index is 0.0641. The van der Waals surface area contributed by atoms with Crippen LogP contribution >= 0.6 is 0 Å². The molecule has 22 heteroatoms. The molecule has 2 aromatic carbocycles. The molecule has 3 heterocycles. The summed E-state index contributed by atoms with van der Waals surface area (Å²) in [6.07, 6.45) is 0.411. The highest BCUT2D eigenvalue weighted by Gasteiger charge is 2.44. The molecule has 0 bridgehead atoms. The van der Waals surface area contributed by atoms with Crippen molar-refractivity contribution in [3.63, 3.8) is 0 Å². The first-order valence-electron chi connectivity index (χ1n) is 23.3. The molecular formula is C46H64N12O10. The zero-order valence-electron chi connectivity index (χ0n) is 38.1. The number of carboxylic acids is 1. The van der Waals surface area contributed by atoms with Crippen LogP contribution in [-0.4, -0.2) is 152 Å². The summed E-state index contributed by atoms with van der Waals surface area (Å²) < 4.78 is 0. The fourth-order valence-corrected chi connectivity index (χ4v) is 9.23. The number of para-hydroxylation sites is 1. The Morgan fingerprint density at radius 3 is 2.26 bits per heavy atom. The lowest BCUT2D eigenvalue weighted by Gasteiger charge is -2.33. The van der Waals surface area contributed by atoms with Gasteiger partial charge in [0.2, 0.25) is 35.4 Å². The number of carboxylic acid groups (broad SMARTS) is 1. The maximum atomic E-state index is 14.7. The Labute approximate surface area is 393 Å². The number of carbonyl (C=O) groups is 7. The van der Waals surface area contributed by atoms with Gasteiger partial charge in [0.05, 0.1) is 36.4 Å². The van der Waals surface area contributed by atoms with Crippen LogP contribution in [0.5, 0.6) is 0 Å². The second-order valence-electron chi connectivity index (χ2n) is 17.9. The first-order valence-corrected chi connectivity index (χ1v) is 23.3. The van der Waals surface area contributed by atoms with Crippen molar-refractivity contribution < 1.29 is 48.9 Å². The summed E-state index contributed by atoms with van der Waals surface area (Å²) in [7, 11) is 0. The van der Waals surface area contributed by atoms with E-state index < -0.39 is 102 Å². The van der Waals surface area contributed by atoms with Crippen molar-refractivity contribution in [2.24, 2.45) is 22.4 Å². The number of benzene rings is 2. The van der Waals surface area contributed by atoms with Crippen molar-refractivity contribution >= 4 is 58.3 Å². The van der Waals surface area contributed by atoms with E-state index >= 15 is 0 Å². The first-order chi connectivity index (χ1) is 32.6. The number of nitrogens with one attached hydrogen (secondary N) is 7. The van der Waals surface area contributed by atoms with Crippen LogP contribution < -0.4 is 43.4 Å². The third kappa shape index (κ3) is 13.7. The molecule has 3 aliphatic rings. The number of fused-ring (bicyclic) bond motifs is 2. The Morgan fingerprint density at radius 2 is 1.56 bits per heavy atom. The molecule has 14 N–H and O–H groups in total. The van der Waals surface area contributed by atoms with Gasteiger partial charge in [-0.15, -0.1) is 0 Å². The fraction of sp³-hybridized carbons (Fsp3) is 0.543. The van der Waals surface area contributed by atoms with Gasteiger partial charge in [-0.25, -0.2) is 4.99 Å². The number of H-pyrrole nitrogens is 1. The highest BCUT2D eigenvalue weighted by Crippen LogP contribution is 2.29. The van der Waals surface area contributed by atoms with E-state index in [1.807, 2.05) is 0 Å². The van der Waals surface area contributed by atoms with Crippen molar-refractivity contribution in [2.75, 3.05) is 19.6 Å². The molecule has 1 aromatic heterocycles. The van der Waals surface area contributed by atoms with Gasteiger partial charge in [0.25, 0.3) is 0 Å². The number of hydrogen-bond acceptors (Lipinski definition) is 12. The van der Waals surface area contributed by atoms with E-state index in [0.29, 0.717) is 47.8 Å². The van der Waals surface area contributed by atoms with Crippen molar-refractivity contribution in [2.45, 2.75) is 132 Å². The normalized spacial score (nSPS) is 26.5. The predicted octanol–water partition coefficient (Wildman–Crippen LogP) is -1.80. The topological polar surface area (TPSA) is 349 Å². The largest absolute Gasteiger partial charge is 0.480 e. The Kier molecular flexibility index (Phi) is 17.8. The molecule has 0 radical (unpaired) electrons. The standard InChI is InChI=1S/C46H64N12O10/c1-2-30(54-46(47)48)39-44(67)49-18-8-13-32(51-40(63)34(50-23-38(61)62)19-25-9-4-3-5-10-25)45(68)58-24-28(60)21-37(58)43(66)53-35(20-26-14-16-27(59)17-15-26)41(64)52-36(42(65)55-39)22-33-29-11-6-7-12-31(29)56-57-33/h3-7,9-12,26-28,30,32,34-37,39,50,59-60H,2,8,13-24H2,1H3,(H,49,67)(H,51,63)(H,52,64)(H,53,66)(H,55,65)(H,56,57)(H,61,62)(H4,47,48,54)/t26?,27?,28-,30?,32+,34+,35-,36+,37+,39+/m1/s1. The average Bonchev–Trinajstić information content (AvgIpc) is 3.92. The second-order valence-corrected chi connectivity index (χ2v) is 17.9. The highest BCUT2D eigenvalue weighted by molar-refractivity contribution is 5.98. The summed E-state index contributed by atoms with van der Waals surface area (Å²) in [5.74, 6) is -6.07. The highest BCUT2D eigenvalue weighted by atomic mass is 16.4. The zero-order valence-corrected chi connectivity index (χ0v) is 38.1. The third-order valence-electron chi connectivity index (χ3n) is 12.8. The van der Waals surface area contributed by atoms with E-state index in [0.717, 1.165) is 4.90 Å². The van der Waals surface area contributed by atoms with Crippen molar-refractivity contribution in [1.82, 2.24) is 47.0 Å². The van der Waals surface area contributed by atoms with Crippen LogP contribution in [0.1, 0.15) is 76.0 Å². The Bertz CT molecular complexity index is 2280. The van der Waals surface area contributed by atoms with Gasteiger partial charge in [0.1, 0.15) is 30.2 Å². The molecule has 3 aromatic rings. The smallest absolute Gasteiger partial charge is 0.317 e. The van der Waals surface area contributed by atoms with E-state index in [4.69, 9.17) is 11.5 Å². The molecule has 3 fully saturated rings. The molecule has 0 spiro atoms. The lowest BCUT2D eigenvalue weighted by molar-refractivity contribution is -0.143. The van der Waals surface area contributed by atoms with E-state index in [1.54, 1.807) is 61.5 Å². The summed E-state index contributed by atoms with van der Waals surface area (Å²) in [6.45, 7) is 0.782. The van der Waals surface area contributed by atoms with Crippen LogP contribution in [0.4, 0.5) is 0 Å². The van der Waals surface area contributed by atoms with Gasteiger partial charge >= 0.3 is 5.97 Å². The van der Waals surface area contributed by atoms with Gasteiger partial charge in [0.15, 0.2) is 5.96 Å². The first kappa shape index (κ1) is 50.8. The number of rotatable bonds is 14. The number of aromatic amines is 1. The number of nitrogens with two attached hydrogens (primary N) is 2. The van der Waals surface area contributed by atoms with Crippen LogP contribution in [0.3, 0.4) is 0 Å². The van der Waals surface area contributed by atoms with Crippen LogP contribution in [-0.2, 0) is 46.4 Å². The molecule has 1 saturated carbocycles. The number of hydrogen-bond donors (Lipinski definition) is 12. The number of nitrogens with zero attached hydrogens (tertiary/aromatic N) is 3. The molecule has 2 saturated heterocycles. The lowest BCUT2D eigenvalue weighted by atomic mass is 9.83. The van der Waals surface area contributed by atoms with Crippen molar-refractivity contribution in [3.05, 3.63) is 65.9 Å². The summed E-state index contributed by atoms with van der Waals surface area (Å²) in [5.41, 5.74) is 13.4. The van der Waals surface area contributed by atoms with Crippen molar-refractivity contribution in [1.29, 1.82) is 0 Å². The number of aliphatic imine (C=N–C) groups is 1. The average molecular weight is 945 g/mol. The Balaban J connectivity index is 1.36. The van der Waals surface area contributed by atoms with E-state index in [9.17, 15) is 48.9 Å². The maximum absolute atomic E-state index is 14.7. The van der Waals surface area contributed by atoms with Crippen LogP contribution in [0.25, 0.3) is 10.9 Å². The molecular weight excluding hydrogens is 881 g/mol. The number of amides is 6. The molecule has 1 aliphatic carbocycles. The number of guanidine groups is 1. The molecule has 368 valence electrons. The number of aliphatic carboxylic acids is 1. The Morgan fingerprint density at radius 1 is 0.868 bits per heavy atom. The summed E-state index contributed by atoms with van der Waals surface area (Å²) in [5, 5.41) is 55.4. The van der Waals surface area contributed by atoms with E-state index in [-0.39, 0.29) is 69.9 Å². The molecule has 6 rings (SSSR count). The molecule has 22 nitrogen and oxygen atoms in total. The minimum Gasteiger partial charge on any atom is -0.480 e. The molecule has 6 amide bonds. The zero-order chi connectivity index (χ0) is 48.9. The van der Waals surface area contributed by atoms with Crippen molar-refractivity contribution in [3.8, 4) is 0 Å². The summed E-state index contributed by atoms with van der Waals surface area (Å²) in [4.78, 5) is 104. The predicted molar refractivity (Wildman–Crippen MR) is 248 cm³/mol. The Hall–Kier alpha value is -6.65. The number of aliphatic hydroxyl groups is 2. The lowest BCUT2D eigenvalue weighted by Crippen LogP contribution is -2.61. The van der Waals surface area contributed by atoms with Gasteiger partial charge < -0.3 is 58.3 Å². The molecule has 68 heavy (non-hydrogen) atoms. The SMILES string of the molecule is CCC(N=C(N)N)[C@@H]1NC(=O)[C@H](Cc2[nH]nc3ccccc23)NC(=O)[C@@H](CC2CCC(O)CC2)NC(=O)[C@@H]2C[C@@H](O)CN2C(=O)[C@@H](NC(=O)[C@H](Cc2ccccc2)NCC(=O)O)CCCNC1=O. The molecule has 8 atom stereocenters. The van der Waals surface area contributed by atoms with Gasteiger partial charge in [-0.1, -0.05) is 55.5 Å². The van der Waals surface area contributed by atoms with Gasteiger partial charge in [-0.05, 0) is 75.3 Å². The van der Waals surface area contributed by atoms with Crippen LogP contribution in [0.15, 0.2) is 59.6 Å². The molecule has 1 unspecified atom stereocenters. The van der Waals surface area contributed by atoms with E-state index in [2.05, 4.69) is 47.1 Å². The molecule has 2 aliphatic heterocycles. The van der Waals surface area contributed by atoms with Gasteiger partial charge in [-0.3, -0.25) is 44.0 Å². The minimum atomic E-state index is -1.38. The summed E-state index contributed by atoms with van der Waals surface area (Å²) in [6, 6.07) is 7.30. The fourth-order valence-electron chi connectivity index (χ4n) is 9.23. The second kappa shape index (κ2) is 23.9. The third-order valence-corrected chi connectivity index (χ3v) is 12.8. The number of carbonyl (C=O) groups excluding carboxylic acids is 6. The quantitative estimate of drug-likeness (QED) is 0.0627. The maximum Gasteiger partial charge on any atom is 0.317 e. The van der Waals surface area contributed by atoms with Gasteiger partial charge in [-0.2, -0.15) is 5.10 Å². The monoisotopic (exact) mass is 944 g/mol. The van der Waals surface area contributed by atoms with Crippen LogP contribution in [0, 0.1) is 5.92 Å². The summed E-state index contributed by atoms with van der Waals surface area (Å²) >= 11 is 0. The van der Waals surface area contributed by atoms with E-state index in [1.165, 1.54) is 0 Å². The number of aliphatic hydroxyl groups excluding tert-OH is 2. The number of aromatic nitrogens is 2.